The molecule has 1 aliphatic heterocycles. The van der Waals surface area contributed by atoms with Gasteiger partial charge in [-0.2, -0.15) is 4.31 Å². The molecule has 1 saturated heterocycles. The lowest BCUT2D eigenvalue weighted by Gasteiger charge is -2.20. The summed E-state index contributed by atoms with van der Waals surface area (Å²) in [7, 11) is -3.64. The van der Waals surface area contributed by atoms with Crippen molar-refractivity contribution in [3.63, 3.8) is 0 Å². The summed E-state index contributed by atoms with van der Waals surface area (Å²) in [6.07, 6.45) is 0.902. The third kappa shape index (κ3) is 4.87. The summed E-state index contributed by atoms with van der Waals surface area (Å²) < 4.78 is 27.8. The van der Waals surface area contributed by atoms with E-state index in [-0.39, 0.29) is 23.3 Å². The van der Waals surface area contributed by atoms with Gasteiger partial charge in [-0.15, -0.1) is 0 Å². The fraction of sp³-hybridized carbons (Fsp3) is 0.435. The zero-order valence-corrected chi connectivity index (χ0v) is 18.2. The van der Waals surface area contributed by atoms with Crippen molar-refractivity contribution < 1.29 is 13.2 Å². The highest BCUT2D eigenvalue weighted by atomic mass is 32.2. The molecule has 0 spiro atoms. The van der Waals surface area contributed by atoms with Crippen molar-refractivity contribution in [1.29, 1.82) is 0 Å². The quantitative estimate of drug-likeness (QED) is 0.753. The molecule has 2 unspecified atom stereocenters. The number of carbonyl (C=O) groups excluding carboxylic acids is 1. The van der Waals surface area contributed by atoms with E-state index in [2.05, 4.69) is 19.2 Å². The topological polar surface area (TPSA) is 66.5 Å². The Hall–Kier alpha value is -2.18. The van der Waals surface area contributed by atoms with Crippen molar-refractivity contribution in [3.8, 4) is 0 Å². The number of nitrogens with zero attached hydrogens (tertiary/aromatic N) is 1. The summed E-state index contributed by atoms with van der Waals surface area (Å²) >= 11 is 0. The van der Waals surface area contributed by atoms with E-state index in [0.29, 0.717) is 19.0 Å². The van der Waals surface area contributed by atoms with Crippen molar-refractivity contribution in [2.75, 3.05) is 19.6 Å². The first kappa shape index (κ1) is 21.5. The van der Waals surface area contributed by atoms with Gasteiger partial charge in [-0.05, 0) is 42.5 Å². The Labute approximate surface area is 174 Å². The van der Waals surface area contributed by atoms with Crippen molar-refractivity contribution in [1.82, 2.24) is 9.62 Å². The Balaban J connectivity index is 1.88. The van der Waals surface area contributed by atoms with Crippen LogP contribution in [0, 0.1) is 18.8 Å². The number of hydrogen-bond acceptors (Lipinski definition) is 3. The van der Waals surface area contributed by atoms with E-state index in [1.54, 1.807) is 30.3 Å². The fourth-order valence-electron chi connectivity index (χ4n) is 3.90. The summed E-state index contributed by atoms with van der Waals surface area (Å²) in [4.78, 5) is 13.3. The average Bonchev–Trinajstić information content (AvgIpc) is 3.15. The minimum absolute atomic E-state index is 0.0651. The van der Waals surface area contributed by atoms with Crippen molar-refractivity contribution in [2.45, 2.75) is 38.0 Å². The second kappa shape index (κ2) is 9.09. The molecule has 0 radical (unpaired) electrons. The number of nitrogens with one attached hydrogen (secondary N) is 1. The number of carbonyl (C=O) groups is 1. The zero-order valence-electron chi connectivity index (χ0n) is 17.3. The average molecular weight is 415 g/mol. The molecular weight excluding hydrogens is 384 g/mol. The third-order valence-corrected chi connectivity index (χ3v) is 7.46. The summed E-state index contributed by atoms with van der Waals surface area (Å²) in [5.74, 6) is -0.124. The molecule has 1 heterocycles. The second-order valence-electron chi connectivity index (χ2n) is 8.18. The third-order valence-electron chi connectivity index (χ3n) is 5.61. The van der Waals surface area contributed by atoms with Gasteiger partial charge in [0.05, 0.1) is 10.8 Å². The molecule has 3 rings (SSSR count). The number of hydrogen-bond donors (Lipinski definition) is 1. The van der Waals surface area contributed by atoms with E-state index in [9.17, 15) is 13.2 Å². The van der Waals surface area contributed by atoms with E-state index in [0.717, 1.165) is 17.5 Å². The molecule has 6 heteroatoms. The van der Waals surface area contributed by atoms with Crippen LogP contribution in [0.5, 0.6) is 0 Å². The molecule has 156 valence electrons. The van der Waals surface area contributed by atoms with Crippen LogP contribution in [0.4, 0.5) is 0 Å². The minimum atomic E-state index is -3.64. The molecule has 29 heavy (non-hydrogen) atoms. The Kier molecular flexibility index (Phi) is 6.75. The van der Waals surface area contributed by atoms with Crippen molar-refractivity contribution in [3.05, 3.63) is 65.7 Å². The standard InChI is InChI=1S/C23H30N2O3S/c1-17(2)13-14-24-23(26)22-16-25(29(27,28)19-10-5-4-6-11-19)15-21(22)20-12-8-7-9-18(20)3/h4-12,17,21-22H,13-16H2,1-3H3,(H,24,26). The van der Waals surface area contributed by atoms with E-state index in [1.165, 1.54) is 4.31 Å². The maximum atomic E-state index is 13.2. The van der Waals surface area contributed by atoms with Gasteiger partial charge >= 0.3 is 0 Å². The Morgan fingerprint density at radius 1 is 1.07 bits per heavy atom. The minimum Gasteiger partial charge on any atom is -0.356 e. The zero-order chi connectivity index (χ0) is 21.0. The van der Waals surface area contributed by atoms with Gasteiger partial charge in [-0.1, -0.05) is 56.3 Å². The Morgan fingerprint density at radius 2 is 1.72 bits per heavy atom. The normalized spacial score (nSPS) is 20.1. The van der Waals surface area contributed by atoms with Gasteiger partial charge in [0.1, 0.15) is 0 Å². The van der Waals surface area contributed by atoms with Gasteiger partial charge in [0, 0.05) is 25.6 Å². The van der Waals surface area contributed by atoms with Crippen LogP contribution in [-0.4, -0.2) is 38.3 Å². The van der Waals surface area contributed by atoms with Gasteiger partial charge in [0.15, 0.2) is 0 Å². The molecule has 0 saturated carbocycles. The molecule has 2 aromatic carbocycles. The predicted molar refractivity (Wildman–Crippen MR) is 115 cm³/mol. The summed E-state index contributed by atoms with van der Waals surface area (Å²) in [5.41, 5.74) is 2.12. The van der Waals surface area contributed by atoms with E-state index < -0.39 is 15.9 Å². The molecule has 1 aliphatic rings. The first-order valence-corrected chi connectivity index (χ1v) is 11.6. The molecule has 1 N–H and O–H groups in total. The molecule has 0 bridgehead atoms. The van der Waals surface area contributed by atoms with Crippen LogP contribution in [0.1, 0.15) is 37.3 Å². The molecule has 0 aliphatic carbocycles. The van der Waals surface area contributed by atoms with Crippen molar-refractivity contribution in [2.24, 2.45) is 11.8 Å². The van der Waals surface area contributed by atoms with Crippen LogP contribution in [0.3, 0.4) is 0 Å². The maximum absolute atomic E-state index is 13.2. The molecule has 1 amide bonds. The molecule has 2 atom stereocenters. The molecule has 5 nitrogen and oxygen atoms in total. The van der Waals surface area contributed by atoms with Crippen LogP contribution < -0.4 is 5.32 Å². The van der Waals surface area contributed by atoms with Crippen LogP contribution >= 0.6 is 0 Å². The maximum Gasteiger partial charge on any atom is 0.243 e. The lowest BCUT2D eigenvalue weighted by atomic mass is 9.86. The fourth-order valence-corrected chi connectivity index (χ4v) is 5.42. The van der Waals surface area contributed by atoms with Crippen LogP contribution in [0.15, 0.2) is 59.5 Å². The number of sulfonamides is 1. The first-order valence-electron chi connectivity index (χ1n) is 10.2. The van der Waals surface area contributed by atoms with Gasteiger partial charge in [0.2, 0.25) is 15.9 Å². The predicted octanol–water partition coefficient (Wildman–Crippen LogP) is 3.56. The number of rotatable bonds is 7. The summed E-state index contributed by atoms with van der Waals surface area (Å²) in [5, 5.41) is 3.03. The lowest BCUT2D eigenvalue weighted by molar-refractivity contribution is -0.124. The van der Waals surface area contributed by atoms with E-state index >= 15 is 0 Å². The van der Waals surface area contributed by atoms with E-state index in [1.807, 2.05) is 31.2 Å². The van der Waals surface area contributed by atoms with Crippen LogP contribution in [0.25, 0.3) is 0 Å². The number of amides is 1. The Morgan fingerprint density at radius 3 is 2.38 bits per heavy atom. The van der Waals surface area contributed by atoms with Gasteiger partial charge < -0.3 is 5.32 Å². The van der Waals surface area contributed by atoms with Gasteiger partial charge in [0.25, 0.3) is 0 Å². The lowest BCUT2D eigenvalue weighted by Crippen LogP contribution is -2.36. The molecule has 0 aromatic heterocycles. The first-order chi connectivity index (χ1) is 13.8. The molecule has 1 fully saturated rings. The molecule has 2 aromatic rings. The van der Waals surface area contributed by atoms with Crippen LogP contribution in [-0.2, 0) is 14.8 Å². The number of benzene rings is 2. The summed E-state index contributed by atoms with van der Waals surface area (Å²) in [6.45, 7) is 7.36. The largest absolute Gasteiger partial charge is 0.356 e. The highest BCUT2D eigenvalue weighted by Gasteiger charge is 2.43. The van der Waals surface area contributed by atoms with Crippen LogP contribution in [0.2, 0.25) is 0 Å². The van der Waals surface area contributed by atoms with Gasteiger partial charge in [-0.3, -0.25) is 4.79 Å². The Bertz CT molecular complexity index is 942. The second-order valence-corrected chi connectivity index (χ2v) is 10.1. The molecular formula is C23H30N2O3S. The van der Waals surface area contributed by atoms with Crippen molar-refractivity contribution >= 4 is 15.9 Å². The highest BCUT2D eigenvalue weighted by Crippen LogP contribution is 2.37. The smallest absolute Gasteiger partial charge is 0.243 e. The number of aryl methyl sites for hydroxylation is 1. The SMILES string of the molecule is Cc1ccccc1C1CN(S(=O)(=O)c2ccccc2)CC1C(=O)NCCC(C)C. The van der Waals surface area contributed by atoms with E-state index in [4.69, 9.17) is 0 Å². The highest BCUT2D eigenvalue weighted by molar-refractivity contribution is 7.89. The monoisotopic (exact) mass is 414 g/mol. The van der Waals surface area contributed by atoms with Gasteiger partial charge in [-0.25, -0.2) is 8.42 Å². The summed E-state index contributed by atoms with van der Waals surface area (Å²) in [6, 6.07) is 16.4.